The average Bonchev–Trinajstić information content (AvgIpc) is 2.43. The van der Waals surface area contributed by atoms with Crippen molar-refractivity contribution in [2.45, 2.75) is 65.1 Å². The molecule has 1 aliphatic rings. The van der Waals surface area contributed by atoms with Gasteiger partial charge in [0.25, 0.3) is 0 Å². The Morgan fingerprint density at radius 3 is 2.47 bits per heavy atom. The molecule has 1 saturated heterocycles. The van der Waals surface area contributed by atoms with Crippen LogP contribution in [0.15, 0.2) is 0 Å². The summed E-state index contributed by atoms with van der Waals surface area (Å²) in [4.78, 5) is 0. The third-order valence-electron chi connectivity index (χ3n) is 3.21. The molecule has 15 heavy (non-hydrogen) atoms. The Bertz CT molecular complexity index is 187. The highest BCUT2D eigenvalue weighted by atomic mass is 16.5. The van der Waals surface area contributed by atoms with Crippen molar-refractivity contribution in [1.29, 1.82) is 0 Å². The fourth-order valence-corrected chi connectivity index (χ4v) is 2.53. The Morgan fingerprint density at radius 2 is 2.07 bits per heavy atom. The van der Waals surface area contributed by atoms with Crippen LogP contribution in [0.4, 0.5) is 0 Å². The van der Waals surface area contributed by atoms with Crippen molar-refractivity contribution in [2.75, 3.05) is 6.61 Å². The summed E-state index contributed by atoms with van der Waals surface area (Å²) in [6.45, 7) is 9.04. The van der Waals surface area contributed by atoms with Crippen LogP contribution in [0.1, 0.15) is 53.4 Å². The Balaban J connectivity index is 2.33. The van der Waals surface area contributed by atoms with Gasteiger partial charge in [-0.3, -0.25) is 0 Å². The standard InChI is InChI=1S/C13H26O2/c1-10(2)7-11(9-14)8-12-5-6-13(3,4)15-12/h10-12,14H,5-9H2,1-4H3. The topological polar surface area (TPSA) is 29.5 Å². The van der Waals surface area contributed by atoms with Gasteiger partial charge in [-0.2, -0.15) is 0 Å². The number of hydrogen-bond donors (Lipinski definition) is 1. The molecule has 0 aromatic heterocycles. The quantitative estimate of drug-likeness (QED) is 0.762. The van der Waals surface area contributed by atoms with Gasteiger partial charge in [0.05, 0.1) is 11.7 Å². The van der Waals surface area contributed by atoms with Crippen LogP contribution in [-0.4, -0.2) is 23.4 Å². The number of aliphatic hydroxyl groups excluding tert-OH is 1. The molecule has 1 aliphatic heterocycles. The summed E-state index contributed by atoms with van der Waals surface area (Å²) in [5.41, 5.74) is 0.0580. The zero-order chi connectivity index (χ0) is 11.5. The fourth-order valence-electron chi connectivity index (χ4n) is 2.53. The highest BCUT2D eigenvalue weighted by Crippen LogP contribution is 2.33. The van der Waals surface area contributed by atoms with Gasteiger partial charge in [-0.15, -0.1) is 0 Å². The minimum absolute atomic E-state index is 0.0580. The first-order chi connectivity index (χ1) is 6.93. The molecule has 0 aromatic carbocycles. The molecule has 2 atom stereocenters. The Labute approximate surface area is 94.0 Å². The highest BCUT2D eigenvalue weighted by molar-refractivity contribution is 4.82. The molecular formula is C13H26O2. The lowest BCUT2D eigenvalue weighted by Crippen LogP contribution is -2.23. The maximum Gasteiger partial charge on any atom is 0.0631 e. The van der Waals surface area contributed by atoms with E-state index in [1.807, 2.05) is 0 Å². The molecule has 0 aliphatic carbocycles. The van der Waals surface area contributed by atoms with Crippen LogP contribution in [0.3, 0.4) is 0 Å². The summed E-state index contributed by atoms with van der Waals surface area (Å²) in [6.07, 6.45) is 4.81. The summed E-state index contributed by atoms with van der Waals surface area (Å²) in [5, 5.41) is 9.31. The maximum atomic E-state index is 9.31. The SMILES string of the molecule is CC(C)CC(CO)CC1CCC(C)(C)O1. The number of rotatable bonds is 5. The van der Waals surface area contributed by atoms with E-state index in [9.17, 15) is 5.11 Å². The number of hydrogen-bond acceptors (Lipinski definition) is 2. The summed E-state index contributed by atoms with van der Waals surface area (Å²) in [7, 11) is 0. The van der Waals surface area contributed by atoms with Gasteiger partial charge in [-0.1, -0.05) is 13.8 Å². The molecule has 1 rings (SSSR count). The fraction of sp³-hybridized carbons (Fsp3) is 1.00. The normalized spacial score (nSPS) is 27.2. The van der Waals surface area contributed by atoms with Crippen molar-refractivity contribution in [3.05, 3.63) is 0 Å². The first-order valence-electron chi connectivity index (χ1n) is 6.21. The second-order valence-corrected chi connectivity index (χ2v) is 5.95. The van der Waals surface area contributed by atoms with Gasteiger partial charge < -0.3 is 9.84 Å². The molecule has 1 heterocycles. The third kappa shape index (κ3) is 4.52. The second-order valence-electron chi connectivity index (χ2n) is 5.95. The van der Waals surface area contributed by atoms with Gasteiger partial charge in [0.2, 0.25) is 0 Å². The van der Waals surface area contributed by atoms with E-state index in [2.05, 4.69) is 27.7 Å². The molecular weight excluding hydrogens is 188 g/mol. The molecule has 0 spiro atoms. The van der Waals surface area contributed by atoms with Crippen molar-refractivity contribution in [1.82, 2.24) is 0 Å². The number of ether oxygens (including phenoxy) is 1. The van der Waals surface area contributed by atoms with Crippen molar-refractivity contribution in [2.24, 2.45) is 11.8 Å². The van der Waals surface area contributed by atoms with Crippen molar-refractivity contribution in [3.8, 4) is 0 Å². The maximum absolute atomic E-state index is 9.31. The molecule has 0 amide bonds. The van der Waals surface area contributed by atoms with Crippen LogP contribution < -0.4 is 0 Å². The smallest absolute Gasteiger partial charge is 0.0631 e. The molecule has 90 valence electrons. The molecule has 0 bridgehead atoms. The van der Waals surface area contributed by atoms with E-state index in [0.29, 0.717) is 24.5 Å². The van der Waals surface area contributed by atoms with Gasteiger partial charge in [0.1, 0.15) is 0 Å². The lowest BCUT2D eigenvalue weighted by molar-refractivity contribution is -0.0290. The van der Waals surface area contributed by atoms with E-state index in [1.165, 1.54) is 0 Å². The number of aliphatic hydroxyl groups is 1. The molecule has 2 unspecified atom stereocenters. The van der Waals surface area contributed by atoms with Gasteiger partial charge in [-0.05, 0) is 51.4 Å². The minimum atomic E-state index is 0.0580. The first kappa shape index (κ1) is 13.0. The summed E-state index contributed by atoms with van der Waals surface area (Å²) >= 11 is 0. The molecule has 1 fully saturated rings. The van der Waals surface area contributed by atoms with Gasteiger partial charge in [-0.25, -0.2) is 0 Å². The monoisotopic (exact) mass is 214 g/mol. The Hall–Kier alpha value is -0.0800. The van der Waals surface area contributed by atoms with Crippen LogP contribution in [0.5, 0.6) is 0 Å². The molecule has 0 aromatic rings. The van der Waals surface area contributed by atoms with Gasteiger partial charge in [0, 0.05) is 6.61 Å². The second kappa shape index (κ2) is 5.31. The predicted octanol–water partition coefficient (Wildman–Crippen LogP) is 2.99. The zero-order valence-electron chi connectivity index (χ0n) is 10.6. The van der Waals surface area contributed by atoms with Crippen LogP contribution in [0.25, 0.3) is 0 Å². The molecule has 0 saturated carbocycles. The van der Waals surface area contributed by atoms with Crippen LogP contribution >= 0.6 is 0 Å². The lowest BCUT2D eigenvalue weighted by Gasteiger charge is -2.23. The van der Waals surface area contributed by atoms with E-state index in [4.69, 9.17) is 4.74 Å². The van der Waals surface area contributed by atoms with E-state index >= 15 is 0 Å². The zero-order valence-corrected chi connectivity index (χ0v) is 10.6. The van der Waals surface area contributed by atoms with E-state index in [1.54, 1.807) is 0 Å². The summed E-state index contributed by atoms with van der Waals surface area (Å²) in [5.74, 6) is 1.08. The molecule has 1 N–H and O–H groups in total. The van der Waals surface area contributed by atoms with E-state index < -0.39 is 0 Å². The molecule has 2 nitrogen and oxygen atoms in total. The lowest BCUT2D eigenvalue weighted by atomic mass is 9.91. The highest BCUT2D eigenvalue weighted by Gasteiger charge is 2.32. The average molecular weight is 214 g/mol. The van der Waals surface area contributed by atoms with Crippen molar-refractivity contribution < 1.29 is 9.84 Å². The van der Waals surface area contributed by atoms with E-state index in [0.717, 1.165) is 25.7 Å². The van der Waals surface area contributed by atoms with Crippen molar-refractivity contribution in [3.63, 3.8) is 0 Å². The van der Waals surface area contributed by atoms with Gasteiger partial charge in [0.15, 0.2) is 0 Å². The van der Waals surface area contributed by atoms with Crippen LogP contribution in [-0.2, 0) is 4.74 Å². The van der Waals surface area contributed by atoms with Crippen molar-refractivity contribution >= 4 is 0 Å². The summed E-state index contributed by atoms with van der Waals surface area (Å²) < 4.78 is 5.95. The van der Waals surface area contributed by atoms with Crippen LogP contribution in [0.2, 0.25) is 0 Å². The molecule has 2 heteroatoms. The predicted molar refractivity (Wildman–Crippen MR) is 62.8 cm³/mol. The largest absolute Gasteiger partial charge is 0.396 e. The Morgan fingerprint density at radius 1 is 1.40 bits per heavy atom. The minimum Gasteiger partial charge on any atom is -0.396 e. The van der Waals surface area contributed by atoms with Gasteiger partial charge >= 0.3 is 0 Å². The summed E-state index contributed by atoms with van der Waals surface area (Å²) in [6, 6.07) is 0. The Kier molecular flexibility index (Phi) is 4.60. The van der Waals surface area contributed by atoms with Crippen LogP contribution in [0, 0.1) is 11.8 Å². The first-order valence-corrected chi connectivity index (χ1v) is 6.21. The third-order valence-corrected chi connectivity index (χ3v) is 3.21. The van der Waals surface area contributed by atoms with E-state index in [-0.39, 0.29) is 5.60 Å². The molecule has 0 radical (unpaired) electrons.